The van der Waals surface area contributed by atoms with E-state index in [4.69, 9.17) is 0 Å². The third kappa shape index (κ3) is 3.68. The molecular weight excluding hydrogens is 447 g/mol. The Labute approximate surface area is 200 Å². The number of thiophene rings is 1. The Bertz CT molecular complexity index is 1510. The maximum absolute atomic E-state index is 13.5. The normalized spacial score (nSPS) is 14.1. The minimum atomic E-state index is -0.257. The van der Waals surface area contributed by atoms with Gasteiger partial charge in [-0.15, -0.1) is 11.3 Å². The summed E-state index contributed by atoms with van der Waals surface area (Å²) >= 11 is 1.56. The number of aromatic nitrogens is 2. The van der Waals surface area contributed by atoms with Crippen LogP contribution in [-0.4, -0.2) is 47.0 Å². The van der Waals surface area contributed by atoms with Crippen molar-refractivity contribution >= 4 is 44.1 Å². The molecule has 168 valence electrons. The van der Waals surface area contributed by atoms with Crippen molar-refractivity contribution < 1.29 is 9.18 Å². The molecule has 0 aliphatic carbocycles. The van der Waals surface area contributed by atoms with E-state index in [0.29, 0.717) is 31.7 Å². The number of hydrogen-bond donors (Lipinski definition) is 0. The van der Waals surface area contributed by atoms with Crippen molar-refractivity contribution in [1.29, 1.82) is 0 Å². The minimum Gasteiger partial charge on any atom is -0.352 e. The SMILES string of the molecule is O=C(c1ccc2ccccc2c1)N1CCN(c2ncnc3scc(-c4ccc(F)cc4)c23)CC1. The Kier molecular flexibility index (Phi) is 5.19. The van der Waals surface area contributed by atoms with Crippen LogP contribution in [0.4, 0.5) is 10.2 Å². The van der Waals surface area contributed by atoms with Crippen LogP contribution in [0, 0.1) is 5.82 Å². The minimum absolute atomic E-state index is 0.0563. The van der Waals surface area contributed by atoms with Gasteiger partial charge in [0.25, 0.3) is 5.91 Å². The van der Waals surface area contributed by atoms with Crippen molar-refractivity contribution in [3.05, 3.63) is 89.8 Å². The number of nitrogens with zero attached hydrogens (tertiary/aromatic N) is 4. The van der Waals surface area contributed by atoms with E-state index in [1.165, 1.54) is 12.1 Å². The lowest BCUT2D eigenvalue weighted by molar-refractivity contribution is 0.0747. The standard InChI is InChI=1S/C27H21FN4OS/c28-22-9-7-19(8-10-22)23-16-34-26-24(23)25(29-17-30-26)31-11-13-32(14-12-31)27(33)21-6-5-18-3-1-2-4-20(18)15-21/h1-10,15-17H,11-14H2. The smallest absolute Gasteiger partial charge is 0.253 e. The molecule has 1 aliphatic rings. The summed E-state index contributed by atoms with van der Waals surface area (Å²) in [7, 11) is 0. The van der Waals surface area contributed by atoms with E-state index >= 15 is 0 Å². The van der Waals surface area contributed by atoms with Crippen molar-refractivity contribution in [2.24, 2.45) is 0 Å². The van der Waals surface area contributed by atoms with Crippen molar-refractivity contribution in [3.63, 3.8) is 0 Å². The number of amides is 1. The van der Waals surface area contributed by atoms with Crippen LogP contribution in [0.3, 0.4) is 0 Å². The van der Waals surface area contributed by atoms with Crippen LogP contribution in [-0.2, 0) is 0 Å². The molecule has 3 heterocycles. The molecule has 1 aliphatic heterocycles. The summed E-state index contributed by atoms with van der Waals surface area (Å²) in [5.74, 6) is 0.663. The van der Waals surface area contributed by atoms with Gasteiger partial charge in [-0.3, -0.25) is 4.79 Å². The predicted molar refractivity (Wildman–Crippen MR) is 135 cm³/mol. The zero-order valence-electron chi connectivity index (χ0n) is 18.3. The van der Waals surface area contributed by atoms with E-state index in [1.54, 1.807) is 29.8 Å². The van der Waals surface area contributed by atoms with E-state index in [9.17, 15) is 9.18 Å². The van der Waals surface area contributed by atoms with Crippen molar-refractivity contribution in [2.75, 3.05) is 31.1 Å². The van der Waals surface area contributed by atoms with E-state index in [0.717, 1.165) is 37.9 Å². The molecule has 5 nitrogen and oxygen atoms in total. The molecule has 0 N–H and O–H groups in total. The summed E-state index contributed by atoms with van der Waals surface area (Å²) in [6.45, 7) is 2.61. The van der Waals surface area contributed by atoms with E-state index in [1.807, 2.05) is 41.3 Å². The number of rotatable bonds is 3. The van der Waals surface area contributed by atoms with Gasteiger partial charge in [-0.2, -0.15) is 0 Å². The highest BCUT2D eigenvalue weighted by Gasteiger charge is 2.25. The summed E-state index contributed by atoms with van der Waals surface area (Å²) in [6, 6.07) is 20.5. The second-order valence-electron chi connectivity index (χ2n) is 8.37. The first-order valence-corrected chi connectivity index (χ1v) is 12.1. The molecule has 0 saturated carbocycles. The number of benzene rings is 3. The molecule has 1 fully saturated rings. The van der Waals surface area contributed by atoms with Crippen LogP contribution in [0.5, 0.6) is 0 Å². The lowest BCUT2D eigenvalue weighted by atomic mass is 10.1. The Hall–Kier alpha value is -3.84. The van der Waals surface area contributed by atoms with Crippen LogP contribution in [0.25, 0.3) is 32.1 Å². The molecule has 34 heavy (non-hydrogen) atoms. The number of fused-ring (bicyclic) bond motifs is 2. The number of anilines is 1. The molecule has 0 unspecified atom stereocenters. The number of carbonyl (C=O) groups is 1. The van der Waals surface area contributed by atoms with Gasteiger partial charge in [-0.05, 0) is 40.6 Å². The zero-order chi connectivity index (χ0) is 23.1. The van der Waals surface area contributed by atoms with Gasteiger partial charge in [0.2, 0.25) is 0 Å². The molecule has 6 rings (SSSR count). The molecule has 0 spiro atoms. The quantitative estimate of drug-likeness (QED) is 0.345. The van der Waals surface area contributed by atoms with Gasteiger partial charge < -0.3 is 9.80 Å². The Balaban J connectivity index is 1.25. The van der Waals surface area contributed by atoms with Gasteiger partial charge in [0, 0.05) is 42.7 Å². The monoisotopic (exact) mass is 468 g/mol. The average Bonchev–Trinajstić information content (AvgIpc) is 3.33. The van der Waals surface area contributed by atoms with E-state index in [2.05, 4.69) is 26.3 Å². The highest BCUT2D eigenvalue weighted by molar-refractivity contribution is 7.17. The third-order valence-electron chi connectivity index (χ3n) is 6.37. The second kappa shape index (κ2) is 8.50. The average molecular weight is 469 g/mol. The topological polar surface area (TPSA) is 49.3 Å². The molecule has 2 aromatic heterocycles. The second-order valence-corrected chi connectivity index (χ2v) is 9.23. The summed E-state index contributed by atoms with van der Waals surface area (Å²) in [4.78, 5) is 27.3. The van der Waals surface area contributed by atoms with Crippen LogP contribution in [0.15, 0.2) is 78.4 Å². The number of carbonyl (C=O) groups excluding carboxylic acids is 1. The van der Waals surface area contributed by atoms with Crippen LogP contribution >= 0.6 is 11.3 Å². The molecule has 1 saturated heterocycles. The number of piperazine rings is 1. The maximum atomic E-state index is 13.5. The van der Waals surface area contributed by atoms with Gasteiger partial charge in [0.05, 0.1) is 5.39 Å². The first-order valence-electron chi connectivity index (χ1n) is 11.2. The summed E-state index contributed by atoms with van der Waals surface area (Å²) in [5.41, 5.74) is 2.66. The Morgan fingerprint density at radius 2 is 1.65 bits per heavy atom. The highest BCUT2D eigenvalue weighted by atomic mass is 32.1. The summed E-state index contributed by atoms with van der Waals surface area (Å²) in [5, 5.41) is 5.23. The number of hydrogen-bond acceptors (Lipinski definition) is 5. The van der Waals surface area contributed by atoms with Gasteiger partial charge >= 0.3 is 0 Å². The molecule has 0 bridgehead atoms. The molecule has 7 heteroatoms. The fourth-order valence-corrected chi connectivity index (χ4v) is 5.48. The molecule has 1 amide bonds. The van der Waals surface area contributed by atoms with E-state index in [-0.39, 0.29) is 11.7 Å². The lowest BCUT2D eigenvalue weighted by Gasteiger charge is -2.35. The van der Waals surface area contributed by atoms with E-state index < -0.39 is 0 Å². The first-order chi connectivity index (χ1) is 16.7. The molecule has 0 radical (unpaired) electrons. The van der Waals surface area contributed by atoms with Crippen LogP contribution in [0.1, 0.15) is 10.4 Å². The predicted octanol–water partition coefficient (Wildman–Crippen LogP) is 5.61. The van der Waals surface area contributed by atoms with Gasteiger partial charge in [0.15, 0.2) is 0 Å². The molecular formula is C27H21FN4OS. The Morgan fingerprint density at radius 3 is 2.44 bits per heavy atom. The lowest BCUT2D eigenvalue weighted by Crippen LogP contribution is -2.49. The fraction of sp³-hybridized carbons (Fsp3) is 0.148. The van der Waals surface area contributed by atoms with Gasteiger partial charge in [-0.25, -0.2) is 14.4 Å². The van der Waals surface area contributed by atoms with Crippen molar-refractivity contribution in [1.82, 2.24) is 14.9 Å². The van der Waals surface area contributed by atoms with Gasteiger partial charge in [0.1, 0.15) is 22.8 Å². The van der Waals surface area contributed by atoms with Crippen LogP contribution < -0.4 is 4.90 Å². The van der Waals surface area contributed by atoms with Gasteiger partial charge in [-0.1, -0.05) is 42.5 Å². The zero-order valence-corrected chi connectivity index (χ0v) is 19.1. The largest absolute Gasteiger partial charge is 0.352 e. The Morgan fingerprint density at radius 1 is 0.882 bits per heavy atom. The fourth-order valence-electron chi connectivity index (χ4n) is 4.57. The molecule has 3 aromatic carbocycles. The summed E-state index contributed by atoms with van der Waals surface area (Å²) in [6.07, 6.45) is 1.59. The highest BCUT2D eigenvalue weighted by Crippen LogP contribution is 2.38. The van der Waals surface area contributed by atoms with Crippen molar-refractivity contribution in [2.45, 2.75) is 0 Å². The first kappa shape index (κ1) is 20.7. The molecule has 0 atom stereocenters. The van der Waals surface area contributed by atoms with Crippen LogP contribution in [0.2, 0.25) is 0 Å². The number of halogens is 1. The summed E-state index contributed by atoms with van der Waals surface area (Å²) < 4.78 is 13.5. The third-order valence-corrected chi connectivity index (χ3v) is 7.25. The molecule has 5 aromatic rings. The maximum Gasteiger partial charge on any atom is 0.253 e. The van der Waals surface area contributed by atoms with Crippen molar-refractivity contribution in [3.8, 4) is 11.1 Å².